The van der Waals surface area contributed by atoms with Crippen LogP contribution >= 0.6 is 0 Å². The Morgan fingerprint density at radius 2 is 0.918 bits per heavy atom. The molecule has 1 aliphatic rings. The fourth-order valence-electron chi connectivity index (χ4n) is 10.3. The van der Waals surface area contributed by atoms with Gasteiger partial charge in [-0.1, -0.05) is 194 Å². The van der Waals surface area contributed by atoms with E-state index >= 15 is 0 Å². The van der Waals surface area contributed by atoms with Crippen molar-refractivity contribution in [1.29, 1.82) is 0 Å². The van der Waals surface area contributed by atoms with Crippen LogP contribution < -0.4 is 4.90 Å². The molecule has 0 spiro atoms. The van der Waals surface area contributed by atoms with Crippen LogP contribution in [0.3, 0.4) is 0 Å². The molecule has 0 amide bonds. The predicted octanol–water partition coefficient (Wildman–Crippen LogP) is 15.4. The first-order valence-electron chi connectivity index (χ1n) is 21.1. The summed E-state index contributed by atoms with van der Waals surface area (Å²) in [6.07, 6.45) is 0. The van der Waals surface area contributed by atoms with Crippen LogP contribution in [-0.2, 0) is 5.41 Å². The number of hydrogen-bond donors (Lipinski definition) is 0. The molecular formula is C59H40N2. The lowest BCUT2D eigenvalue weighted by Gasteiger charge is -2.34. The lowest BCUT2D eigenvalue weighted by atomic mass is 9.67. The molecule has 286 valence electrons. The van der Waals surface area contributed by atoms with E-state index < -0.39 is 5.41 Å². The topological polar surface area (TPSA) is 8.17 Å². The summed E-state index contributed by atoms with van der Waals surface area (Å²) in [6, 6.07) is 89.1. The molecule has 1 aliphatic carbocycles. The van der Waals surface area contributed by atoms with Crippen molar-refractivity contribution in [3.8, 4) is 27.9 Å². The maximum absolute atomic E-state index is 2.49. The second kappa shape index (κ2) is 14.1. The summed E-state index contributed by atoms with van der Waals surface area (Å²) in [5.74, 6) is 0. The zero-order valence-corrected chi connectivity index (χ0v) is 33.5. The minimum absolute atomic E-state index is 0.490. The van der Waals surface area contributed by atoms with Crippen molar-refractivity contribution in [1.82, 2.24) is 4.57 Å². The van der Waals surface area contributed by atoms with Crippen LogP contribution in [0.25, 0.3) is 60.5 Å². The average Bonchev–Trinajstić information content (AvgIpc) is 3.83. The van der Waals surface area contributed by atoms with Gasteiger partial charge in [-0.3, -0.25) is 0 Å². The van der Waals surface area contributed by atoms with Gasteiger partial charge < -0.3 is 9.47 Å². The fraction of sp³-hybridized carbons (Fsp3) is 0.0169. The number of aromatic nitrogens is 1. The SMILES string of the molecule is c1ccc(N(c2ccccc2-c2ccc3c4ccccc4n(-c4ccc5c(c4)C(c4ccccc4)(c4ccccc4)c4ccccc4-5)c3c2)c2cccc3ccccc23)cc1. The molecule has 2 nitrogen and oxygen atoms in total. The highest BCUT2D eigenvalue weighted by Gasteiger charge is 2.46. The van der Waals surface area contributed by atoms with E-state index in [0.717, 1.165) is 33.9 Å². The number of nitrogens with zero attached hydrogens (tertiary/aromatic N) is 2. The molecular weight excluding hydrogens is 737 g/mol. The van der Waals surface area contributed by atoms with Gasteiger partial charge in [-0.15, -0.1) is 0 Å². The Labute approximate surface area is 355 Å². The second-order valence-electron chi connectivity index (χ2n) is 16.0. The molecule has 2 heteroatoms. The number of para-hydroxylation sites is 3. The molecule has 0 N–H and O–H groups in total. The van der Waals surface area contributed by atoms with Crippen molar-refractivity contribution in [3.63, 3.8) is 0 Å². The van der Waals surface area contributed by atoms with Crippen molar-refractivity contribution in [3.05, 3.63) is 265 Å². The number of benzene rings is 10. The summed E-state index contributed by atoms with van der Waals surface area (Å²) in [5, 5.41) is 4.89. The largest absolute Gasteiger partial charge is 0.309 e. The molecule has 1 heterocycles. The lowest BCUT2D eigenvalue weighted by Crippen LogP contribution is -2.28. The maximum atomic E-state index is 2.49. The van der Waals surface area contributed by atoms with E-state index in [4.69, 9.17) is 0 Å². The van der Waals surface area contributed by atoms with Gasteiger partial charge in [-0.2, -0.15) is 0 Å². The third kappa shape index (κ3) is 5.36. The number of rotatable bonds is 7. The molecule has 0 fully saturated rings. The molecule has 0 atom stereocenters. The molecule has 0 bridgehead atoms. The highest BCUT2D eigenvalue weighted by Crippen LogP contribution is 2.56. The fourth-order valence-corrected chi connectivity index (χ4v) is 10.3. The smallest absolute Gasteiger partial charge is 0.0714 e. The molecule has 11 aromatic rings. The first-order valence-corrected chi connectivity index (χ1v) is 21.1. The number of fused-ring (bicyclic) bond motifs is 7. The van der Waals surface area contributed by atoms with Crippen LogP contribution in [0.2, 0.25) is 0 Å². The summed E-state index contributed by atoms with van der Waals surface area (Å²) < 4.78 is 2.49. The molecule has 0 unspecified atom stereocenters. The third-order valence-corrected chi connectivity index (χ3v) is 12.9. The first kappa shape index (κ1) is 35.0. The monoisotopic (exact) mass is 776 g/mol. The normalized spacial score (nSPS) is 12.7. The van der Waals surface area contributed by atoms with Crippen molar-refractivity contribution >= 4 is 49.6 Å². The average molecular weight is 777 g/mol. The highest BCUT2D eigenvalue weighted by atomic mass is 15.1. The molecule has 0 saturated heterocycles. The summed E-state index contributed by atoms with van der Waals surface area (Å²) in [4.78, 5) is 2.42. The Morgan fingerprint density at radius 3 is 1.70 bits per heavy atom. The van der Waals surface area contributed by atoms with Crippen LogP contribution in [-0.4, -0.2) is 4.57 Å². The Morgan fingerprint density at radius 1 is 0.344 bits per heavy atom. The van der Waals surface area contributed by atoms with Gasteiger partial charge in [0.1, 0.15) is 0 Å². The van der Waals surface area contributed by atoms with Gasteiger partial charge in [0.2, 0.25) is 0 Å². The minimum atomic E-state index is -0.490. The van der Waals surface area contributed by atoms with E-state index in [0.29, 0.717) is 0 Å². The quantitative estimate of drug-likeness (QED) is 0.156. The zero-order chi connectivity index (χ0) is 40.3. The zero-order valence-electron chi connectivity index (χ0n) is 33.5. The number of hydrogen-bond acceptors (Lipinski definition) is 1. The van der Waals surface area contributed by atoms with Crippen molar-refractivity contribution in [2.45, 2.75) is 5.41 Å². The molecule has 0 aliphatic heterocycles. The van der Waals surface area contributed by atoms with E-state index in [9.17, 15) is 0 Å². The van der Waals surface area contributed by atoms with Gasteiger partial charge in [-0.05, 0) is 92.9 Å². The van der Waals surface area contributed by atoms with E-state index in [1.807, 2.05) is 0 Å². The van der Waals surface area contributed by atoms with Crippen molar-refractivity contribution in [2.75, 3.05) is 4.90 Å². The van der Waals surface area contributed by atoms with Gasteiger partial charge in [0.15, 0.2) is 0 Å². The van der Waals surface area contributed by atoms with Crippen LogP contribution in [0.1, 0.15) is 22.3 Å². The Balaban J connectivity index is 1.10. The van der Waals surface area contributed by atoms with E-state index in [-0.39, 0.29) is 0 Å². The van der Waals surface area contributed by atoms with Gasteiger partial charge in [-0.25, -0.2) is 0 Å². The Hall–Kier alpha value is -7.94. The van der Waals surface area contributed by atoms with Gasteiger partial charge in [0.05, 0.1) is 27.8 Å². The van der Waals surface area contributed by atoms with Gasteiger partial charge >= 0.3 is 0 Å². The van der Waals surface area contributed by atoms with Crippen molar-refractivity contribution in [2.24, 2.45) is 0 Å². The van der Waals surface area contributed by atoms with Gasteiger partial charge in [0.25, 0.3) is 0 Å². The predicted molar refractivity (Wildman–Crippen MR) is 256 cm³/mol. The Kier molecular flexibility index (Phi) is 8.11. The second-order valence-corrected chi connectivity index (χ2v) is 16.0. The van der Waals surface area contributed by atoms with Crippen LogP contribution in [0.5, 0.6) is 0 Å². The summed E-state index contributed by atoms with van der Waals surface area (Å²) in [6.45, 7) is 0. The van der Waals surface area contributed by atoms with E-state index in [1.54, 1.807) is 0 Å². The van der Waals surface area contributed by atoms with Crippen LogP contribution in [0.15, 0.2) is 243 Å². The Bertz CT molecular complexity index is 3370. The first-order chi connectivity index (χ1) is 30.3. The lowest BCUT2D eigenvalue weighted by molar-refractivity contribution is 0.767. The minimum Gasteiger partial charge on any atom is -0.309 e. The summed E-state index contributed by atoms with van der Waals surface area (Å²) in [7, 11) is 0. The third-order valence-electron chi connectivity index (χ3n) is 12.9. The molecule has 12 rings (SSSR count). The van der Waals surface area contributed by atoms with E-state index in [1.165, 1.54) is 66.0 Å². The summed E-state index contributed by atoms with van der Waals surface area (Å²) >= 11 is 0. The highest BCUT2D eigenvalue weighted by molar-refractivity contribution is 6.11. The molecule has 0 saturated carbocycles. The molecule has 1 aromatic heterocycles. The van der Waals surface area contributed by atoms with Crippen LogP contribution in [0, 0.1) is 0 Å². The standard InChI is InChI=1S/C59H40N2/c1-4-21-43(22-5-1)59(44-23-6-2-7-24-44)53-31-15-12-29-49(53)50-38-36-46(40-54(50)59)61-57-33-17-14-30-51(57)52-37-35-42(39-58(52)61)48-28-13-16-32-55(48)60(45-25-8-3-9-26-45)56-34-18-20-41-19-10-11-27-47(41)56/h1-40H. The van der Waals surface area contributed by atoms with Crippen LogP contribution in [0.4, 0.5) is 17.1 Å². The molecule has 61 heavy (non-hydrogen) atoms. The number of anilines is 3. The molecule has 0 radical (unpaired) electrons. The van der Waals surface area contributed by atoms with E-state index in [2.05, 4.69) is 252 Å². The molecule has 10 aromatic carbocycles. The van der Waals surface area contributed by atoms with Crippen molar-refractivity contribution < 1.29 is 0 Å². The van der Waals surface area contributed by atoms with Gasteiger partial charge in [0, 0.05) is 33.1 Å². The maximum Gasteiger partial charge on any atom is 0.0714 e. The summed E-state index contributed by atoms with van der Waals surface area (Å²) in [5.41, 5.74) is 16.4.